The van der Waals surface area contributed by atoms with Crippen LogP contribution in [0.15, 0.2) is 42.5 Å². The molecular formula is C17H16F3N3O3. The predicted molar refractivity (Wildman–Crippen MR) is 91.0 cm³/mol. The number of alkyl halides is 3. The third kappa shape index (κ3) is 4.50. The maximum atomic E-state index is 12.7. The molecule has 0 aromatic heterocycles. The number of hydrogen-bond acceptors (Lipinski definition) is 4. The summed E-state index contributed by atoms with van der Waals surface area (Å²) in [5.74, 6) is -0.478. The fourth-order valence-corrected chi connectivity index (χ4v) is 2.23. The highest BCUT2D eigenvalue weighted by atomic mass is 19.4. The summed E-state index contributed by atoms with van der Waals surface area (Å²) in [7, 11) is 0. The van der Waals surface area contributed by atoms with Crippen LogP contribution in [0.5, 0.6) is 0 Å². The van der Waals surface area contributed by atoms with Gasteiger partial charge in [-0.1, -0.05) is 18.2 Å². The van der Waals surface area contributed by atoms with Crippen molar-refractivity contribution in [1.82, 2.24) is 0 Å². The van der Waals surface area contributed by atoms with Crippen LogP contribution >= 0.6 is 0 Å². The molecule has 0 aliphatic rings. The molecule has 0 radical (unpaired) electrons. The van der Waals surface area contributed by atoms with E-state index in [2.05, 4.69) is 10.6 Å². The molecule has 0 bridgehead atoms. The Morgan fingerprint density at radius 1 is 1.15 bits per heavy atom. The Balaban J connectivity index is 2.20. The van der Waals surface area contributed by atoms with E-state index >= 15 is 0 Å². The minimum atomic E-state index is -4.70. The van der Waals surface area contributed by atoms with Gasteiger partial charge in [-0.05, 0) is 37.6 Å². The molecule has 0 aliphatic heterocycles. The van der Waals surface area contributed by atoms with Crippen molar-refractivity contribution in [2.24, 2.45) is 0 Å². The highest BCUT2D eigenvalue weighted by Crippen LogP contribution is 2.35. The molecule has 6 nitrogen and oxygen atoms in total. The highest BCUT2D eigenvalue weighted by Gasteiger charge is 2.33. The van der Waals surface area contributed by atoms with Crippen LogP contribution in [0.1, 0.15) is 18.1 Å². The molecule has 1 amide bonds. The van der Waals surface area contributed by atoms with E-state index in [9.17, 15) is 28.1 Å². The van der Waals surface area contributed by atoms with Gasteiger partial charge in [-0.3, -0.25) is 14.9 Å². The number of benzene rings is 2. The maximum Gasteiger partial charge on any atom is 0.416 e. The molecule has 0 unspecified atom stereocenters. The van der Waals surface area contributed by atoms with E-state index in [0.29, 0.717) is 11.8 Å². The standard InChI is InChI=1S/C17H16F3N3O3/c1-10-5-3-4-6-13(10)22-16(24)11(2)21-14-8-7-12(17(18,19)20)9-15(14)23(25)26/h3-9,11,21H,1-2H3,(H,22,24)/t11-/m0/s1. The second-order valence-corrected chi connectivity index (χ2v) is 5.66. The van der Waals surface area contributed by atoms with Crippen molar-refractivity contribution < 1.29 is 22.9 Å². The number of para-hydroxylation sites is 1. The van der Waals surface area contributed by atoms with Crippen molar-refractivity contribution in [2.75, 3.05) is 10.6 Å². The van der Waals surface area contributed by atoms with Crippen LogP contribution in [-0.4, -0.2) is 16.9 Å². The highest BCUT2D eigenvalue weighted by molar-refractivity contribution is 5.97. The molecule has 2 N–H and O–H groups in total. The molecular weight excluding hydrogens is 351 g/mol. The van der Waals surface area contributed by atoms with E-state index in [1.807, 2.05) is 0 Å². The first-order valence-electron chi connectivity index (χ1n) is 7.58. The number of nitrogens with zero attached hydrogens (tertiary/aromatic N) is 1. The average Bonchev–Trinajstić information content (AvgIpc) is 2.56. The Bertz CT molecular complexity index is 837. The summed E-state index contributed by atoms with van der Waals surface area (Å²) in [5.41, 5.74) is -0.654. The molecule has 0 spiro atoms. The number of anilines is 2. The van der Waals surface area contributed by atoms with Gasteiger partial charge in [-0.25, -0.2) is 0 Å². The minimum absolute atomic E-state index is 0.171. The molecule has 0 saturated heterocycles. The van der Waals surface area contributed by atoms with E-state index < -0.39 is 34.3 Å². The van der Waals surface area contributed by atoms with E-state index in [1.54, 1.807) is 31.2 Å². The van der Waals surface area contributed by atoms with Gasteiger partial charge in [0.25, 0.3) is 5.69 Å². The second kappa shape index (κ2) is 7.42. The van der Waals surface area contributed by atoms with Crippen LogP contribution < -0.4 is 10.6 Å². The number of halogens is 3. The van der Waals surface area contributed by atoms with E-state index in [4.69, 9.17) is 0 Å². The van der Waals surface area contributed by atoms with Gasteiger partial charge in [0.2, 0.25) is 5.91 Å². The zero-order valence-electron chi connectivity index (χ0n) is 13.9. The molecule has 0 heterocycles. The first kappa shape index (κ1) is 19.2. The summed E-state index contributed by atoms with van der Waals surface area (Å²) in [4.78, 5) is 22.4. The molecule has 26 heavy (non-hydrogen) atoms. The van der Waals surface area contributed by atoms with E-state index in [1.165, 1.54) is 6.92 Å². The normalized spacial score (nSPS) is 12.3. The number of rotatable bonds is 5. The maximum absolute atomic E-state index is 12.7. The number of hydrogen-bond donors (Lipinski definition) is 2. The van der Waals surface area contributed by atoms with Gasteiger partial charge in [-0.15, -0.1) is 0 Å². The van der Waals surface area contributed by atoms with Gasteiger partial charge in [0, 0.05) is 11.8 Å². The Hall–Kier alpha value is -3.10. The first-order chi connectivity index (χ1) is 12.1. The minimum Gasteiger partial charge on any atom is -0.368 e. The zero-order chi connectivity index (χ0) is 19.5. The number of nitro groups is 1. The average molecular weight is 367 g/mol. The summed E-state index contributed by atoms with van der Waals surface area (Å²) in [6.07, 6.45) is -4.70. The van der Waals surface area contributed by atoms with Crippen LogP contribution in [0.2, 0.25) is 0 Å². The van der Waals surface area contributed by atoms with Crippen molar-refractivity contribution in [3.05, 3.63) is 63.7 Å². The van der Waals surface area contributed by atoms with Gasteiger partial charge in [0.05, 0.1) is 10.5 Å². The lowest BCUT2D eigenvalue weighted by Crippen LogP contribution is -2.32. The predicted octanol–water partition coefficient (Wildman–Crippen LogP) is 4.36. The third-order valence-corrected chi connectivity index (χ3v) is 3.69. The summed E-state index contributed by atoms with van der Waals surface area (Å²) in [6, 6.07) is 8.23. The molecule has 138 valence electrons. The van der Waals surface area contributed by atoms with Crippen LogP contribution in [0.4, 0.5) is 30.2 Å². The lowest BCUT2D eigenvalue weighted by atomic mass is 10.1. The van der Waals surface area contributed by atoms with Crippen LogP contribution in [-0.2, 0) is 11.0 Å². The van der Waals surface area contributed by atoms with E-state index in [0.717, 1.165) is 17.7 Å². The molecule has 2 aromatic carbocycles. The topological polar surface area (TPSA) is 84.3 Å². The number of nitro benzene ring substituents is 1. The molecule has 9 heteroatoms. The zero-order valence-corrected chi connectivity index (χ0v) is 13.9. The SMILES string of the molecule is Cc1ccccc1NC(=O)[C@H](C)Nc1ccc(C(F)(F)F)cc1[N+](=O)[O-]. The van der Waals surface area contributed by atoms with E-state index in [-0.39, 0.29) is 5.69 Å². The summed E-state index contributed by atoms with van der Waals surface area (Å²) in [6.45, 7) is 3.25. The van der Waals surface area contributed by atoms with Crippen LogP contribution in [0.25, 0.3) is 0 Å². The van der Waals surface area contributed by atoms with Gasteiger partial charge in [0.1, 0.15) is 11.7 Å². The van der Waals surface area contributed by atoms with Gasteiger partial charge < -0.3 is 10.6 Å². The molecule has 2 rings (SSSR count). The summed E-state index contributed by atoms with van der Waals surface area (Å²) >= 11 is 0. The Morgan fingerprint density at radius 2 is 1.81 bits per heavy atom. The van der Waals surface area contributed by atoms with Gasteiger partial charge >= 0.3 is 6.18 Å². The quantitative estimate of drug-likeness (QED) is 0.607. The molecule has 0 fully saturated rings. The number of aryl methyl sites for hydroxylation is 1. The Labute approximate surface area is 147 Å². The fourth-order valence-electron chi connectivity index (χ4n) is 2.23. The van der Waals surface area contributed by atoms with Crippen molar-refractivity contribution in [3.8, 4) is 0 Å². The molecule has 0 aliphatic carbocycles. The number of carbonyl (C=O) groups excluding carboxylic acids is 1. The number of nitrogens with one attached hydrogen (secondary N) is 2. The smallest absolute Gasteiger partial charge is 0.368 e. The van der Waals surface area contributed by atoms with Crippen LogP contribution in [0.3, 0.4) is 0 Å². The number of amides is 1. The summed E-state index contributed by atoms with van der Waals surface area (Å²) in [5, 5.41) is 16.3. The molecule has 0 saturated carbocycles. The number of carbonyl (C=O) groups is 1. The second-order valence-electron chi connectivity index (χ2n) is 5.66. The lowest BCUT2D eigenvalue weighted by molar-refractivity contribution is -0.384. The summed E-state index contributed by atoms with van der Waals surface area (Å²) < 4.78 is 38.2. The van der Waals surface area contributed by atoms with Gasteiger partial charge in [-0.2, -0.15) is 13.2 Å². The monoisotopic (exact) mass is 367 g/mol. The van der Waals surface area contributed by atoms with Crippen molar-refractivity contribution in [1.29, 1.82) is 0 Å². The Kier molecular flexibility index (Phi) is 5.49. The third-order valence-electron chi connectivity index (χ3n) is 3.69. The van der Waals surface area contributed by atoms with Gasteiger partial charge in [0.15, 0.2) is 0 Å². The first-order valence-corrected chi connectivity index (χ1v) is 7.58. The molecule has 1 atom stereocenters. The lowest BCUT2D eigenvalue weighted by Gasteiger charge is -2.17. The Morgan fingerprint density at radius 3 is 2.38 bits per heavy atom. The van der Waals surface area contributed by atoms with Crippen molar-refractivity contribution in [3.63, 3.8) is 0 Å². The molecule has 2 aromatic rings. The van der Waals surface area contributed by atoms with Crippen LogP contribution in [0, 0.1) is 17.0 Å². The van der Waals surface area contributed by atoms with Crippen molar-refractivity contribution >= 4 is 23.0 Å². The fraction of sp³-hybridized carbons (Fsp3) is 0.235. The largest absolute Gasteiger partial charge is 0.416 e. The van der Waals surface area contributed by atoms with Crippen molar-refractivity contribution in [2.45, 2.75) is 26.1 Å².